The lowest BCUT2D eigenvalue weighted by atomic mass is 9.76. The standard InChI is InChI=1S/C10H15N3O2S/c1-2-10(8(14)15)3-5-13(6-4-10)9-12-11-7-16-9/h7H,2-6H2,1H3,(H,14,15). The maximum Gasteiger partial charge on any atom is 0.309 e. The minimum absolute atomic E-state index is 0.527. The van der Waals surface area contributed by atoms with Crippen LogP contribution in [0.5, 0.6) is 0 Å². The lowest BCUT2D eigenvalue weighted by Crippen LogP contribution is -2.44. The van der Waals surface area contributed by atoms with Crippen LogP contribution in [0.15, 0.2) is 5.51 Å². The monoisotopic (exact) mass is 241 g/mol. The first-order valence-electron chi connectivity index (χ1n) is 5.42. The first kappa shape index (κ1) is 11.3. The summed E-state index contributed by atoms with van der Waals surface area (Å²) >= 11 is 1.50. The van der Waals surface area contributed by atoms with Crippen LogP contribution in [0.25, 0.3) is 0 Å². The minimum atomic E-state index is -0.660. The Morgan fingerprint density at radius 3 is 2.75 bits per heavy atom. The lowest BCUT2D eigenvalue weighted by Gasteiger charge is -2.37. The zero-order chi connectivity index (χ0) is 11.6. The Morgan fingerprint density at radius 2 is 2.31 bits per heavy atom. The molecule has 1 aliphatic rings. The van der Waals surface area contributed by atoms with Crippen LogP contribution >= 0.6 is 11.3 Å². The van der Waals surface area contributed by atoms with Gasteiger partial charge in [0.1, 0.15) is 5.51 Å². The fraction of sp³-hybridized carbons (Fsp3) is 0.700. The predicted molar refractivity (Wildman–Crippen MR) is 61.7 cm³/mol. The Bertz CT molecular complexity index is 358. The Morgan fingerprint density at radius 1 is 1.62 bits per heavy atom. The summed E-state index contributed by atoms with van der Waals surface area (Å²) < 4.78 is 0. The molecule has 88 valence electrons. The number of piperidine rings is 1. The zero-order valence-electron chi connectivity index (χ0n) is 9.22. The van der Waals surface area contributed by atoms with Crippen molar-refractivity contribution in [2.75, 3.05) is 18.0 Å². The normalized spacial score (nSPS) is 19.7. The average Bonchev–Trinajstić information content (AvgIpc) is 2.82. The van der Waals surface area contributed by atoms with Gasteiger partial charge in [0.15, 0.2) is 0 Å². The number of aromatic nitrogens is 2. The highest BCUT2D eigenvalue weighted by Gasteiger charge is 2.40. The highest BCUT2D eigenvalue weighted by atomic mass is 32.1. The molecule has 2 rings (SSSR count). The van der Waals surface area contributed by atoms with Crippen LogP contribution in [0.4, 0.5) is 5.13 Å². The SMILES string of the molecule is CCC1(C(=O)O)CCN(c2nncs2)CC1. The van der Waals surface area contributed by atoms with Crippen molar-refractivity contribution in [2.24, 2.45) is 5.41 Å². The van der Waals surface area contributed by atoms with Crippen LogP contribution in [0, 0.1) is 5.41 Å². The topological polar surface area (TPSA) is 66.3 Å². The fourth-order valence-electron chi connectivity index (χ4n) is 2.15. The number of hydrogen-bond donors (Lipinski definition) is 1. The zero-order valence-corrected chi connectivity index (χ0v) is 10.0. The van der Waals surface area contributed by atoms with Crippen LogP contribution in [-0.2, 0) is 4.79 Å². The molecular formula is C10H15N3O2S. The molecular weight excluding hydrogens is 226 g/mol. The van der Waals surface area contributed by atoms with Crippen molar-refractivity contribution >= 4 is 22.4 Å². The molecule has 0 aromatic carbocycles. The van der Waals surface area contributed by atoms with Crippen molar-refractivity contribution in [1.82, 2.24) is 10.2 Å². The number of hydrogen-bond acceptors (Lipinski definition) is 5. The number of rotatable bonds is 3. The summed E-state index contributed by atoms with van der Waals surface area (Å²) in [6, 6.07) is 0. The van der Waals surface area contributed by atoms with E-state index < -0.39 is 11.4 Å². The largest absolute Gasteiger partial charge is 0.481 e. The second kappa shape index (κ2) is 4.37. The molecule has 6 heteroatoms. The Labute approximate surface area is 98.1 Å². The van der Waals surface area contributed by atoms with E-state index in [2.05, 4.69) is 15.1 Å². The minimum Gasteiger partial charge on any atom is -0.481 e. The number of anilines is 1. The van der Waals surface area contributed by atoms with Gasteiger partial charge in [0.25, 0.3) is 0 Å². The van der Waals surface area contributed by atoms with Gasteiger partial charge in [-0.05, 0) is 19.3 Å². The van der Waals surface area contributed by atoms with E-state index in [-0.39, 0.29) is 0 Å². The first-order valence-corrected chi connectivity index (χ1v) is 6.30. The Hall–Kier alpha value is -1.17. The maximum absolute atomic E-state index is 11.3. The molecule has 0 radical (unpaired) electrons. The van der Waals surface area contributed by atoms with Crippen molar-refractivity contribution in [3.63, 3.8) is 0 Å². The molecule has 0 saturated carbocycles. The van der Waals surface area contributed by atoms with E-state index in [9.17, 15) is 9.90 Å². The van der Waals surface area contributed by atoms with Crippen LogP contribution in [0.1, 0.15) is 26.2 Å². The third-order valence-corrected chi connectivity index (χ3v) is 4.22. The summed E-state index contributed by atoms with van der Waals surface area (Å²) in [5.74, 6) is -0.660. The second-order valence-electron chi connectivity index (χ2n) is 4.15. The molecule has 2 heterocycles. The van der Waals surface area contributed by atoms with Crippen LogP contribution < -0.4 is 4.90 Å². The average molecular weight is 241 g/mol. The van der Waals surface area contributed by atoms with E-state index in [1.165, 1.54) is 11.3 Å². The molecule has 1 saturated heterocycles. The Balaban J connectivity index is 2.04. The van der Waals surface area contributed by atoms with E-state index in [4.69, 9.17) is 0 Å². The molecule has 0 atom stereocenters. The van der Waals surface area contributed by atoms with E-state index in [0.717, 1.165) is 18.2 Å². The van der Waals surface area contributed by atoms with Gasteiger partial charge in [-0.2, -0.15) is 0 Å². The summed E-state index contributed by atoms with van der Waals surface area (Å²) in [6.07, 6.45) is 2.09. The van der Waals surface area contributed by atoms with Gasteiger partial charge in [-0.25, -0.2) is 0 Å². The highest BCUT2D eigenvalue weighted by Crippen LogP contribution is 2.36. The highest BCUT2D eigenvalue weighted by molar-refractivity contribution is 7.13. The van der Waals surface area contributed by atoms with E-state index in [1.807, 2.05) is 6.92 Å². The quantitative estimate of drug-likeness (QED) is 0.871. The molecule has 1 N–H and O–H groups in total. The molecule has 0 aliphatic carbocycles. The van der Waals surface area contributed by atoms with E-state index in [1.54, 1.807) is 5.51 Å². The van der Waals surface area contributed by atoms with Gasteiger partial charge < -0.3 is 10.0 Å². The van der Waals surface area contributed by atoms with Crippen molar-refractivity contribution in [3.05, 3.63) is 5.51 Å². The number of nitrogens with zero attached hydrogens (tertiary/aromatic N) is 3. The molecule has 0 unspecified atom stereocenters. The summed E-state index contributed by atoms with van der Waals surface area (Å²) in [5, 5.41) is 18.0. The third kappa shape index (κ3) is 1.89. The van der Waals surface area contributed by atoms with Crippen molar-refractivity contribution in [2.45, 2.75) is 26.2 Å². The van der Waals surface area contributed by atoms with Gasteiger partial charge in [0.2, 0.25) is 5.13 Å². The third-order valence-electron chi connectivity index (χ3n) is 3.47. The number of carboxylic acids is 1. The number of carboxylic acid groups (broad SMARTS) is 1. The maximum atomic E-state index is 11.3. The molecule has 5 nitrogen and oxygen atoms in total. The molecule has 0 amide bonds. The molecule has 1 fully saturated rings. The van der Waals surface area contributed by atoms with Gasteiger partial charge in [-0.15, -0.1) is 10.2 Å². The summed E-state index contributed by atoms with van der Waals surface area (Å²) in [6.45, 7) is 3.47. The van der Waals surface area contributed by atoms with Crippen LogP contribution in [0.2, 0.25) is 0 Å². The van der Waals surface area contributed by atoms with Gasteiger partial charge in [0.05, 0.1) is 5.41 Å². The van der Waals surface area contributed by atoms with Gasteiger partial charge in [-0.1, -0.05) is 18.3 Å². The van der Waals surface area contributed by atoms with E-state index >= 15 is 0 Å². The molecule has 1 aromatic rings. The predicted octanol–water partition coefficient (Wildman–Crippen LogP) is 1.62. The summed E-state index contributed by atoms with van der Waals surface area (Å²) in [7, 11) is 0. The van der Waals surface area contributed by atoms with Crippen molar-refractivity contribution in [1.29, 1.82) is 0 Å². The molecule has 1 aromatic heterocycles. The lowest BCUT2D eigenvalue weighted by molar-refractivity contribution is -0.150. The Kier molecular flexibility index (Phi) is 3.09. The number of carbonyl (C=O) groups is 1. The van der Waals surface area contributed by atoms with Gasteiger partial charge in [0, 0.05) is 13.1 Å². The fourth-order valence-corrected chi connectivity index (χ4v) is 2.76. The molecule has 0 spiro atoms. The molecule has 1 aliphatic heterocycles. The molecule has 0 bridgehead atoms. The summed E-state index contributed by atoms with van der Waals surface area (Å²) in [4.78, 5) is 13.4. The summed E-state index contributed by atoms with van der Waals surface area (Å²) in [5.41, 5.74) is 1.18. The van der Waals surface area contributed by atoms with Crippen LogP contribution in [-0.4, -0.2) is 34.4 Å². The van der Waals surface area contributed by atoms with Gasteiger partial charge in [-0.3, -0.25) is 4.79 Å². The second-order valence-corrected chi connectivity index (χ2v) is 4.96. The smallest absolute Gasteiger partial charge is 0.309 e. The number of aliphatic carboxylic acids is 1. The molecule has 16 heavy (non-hydrogen) atoms. The van der Waals surface area contributed by atoms with Crippen molar-refractivity contribution < 1.29 is 9.90 Å². The van der Waals surface area contributed by atoms with Gasteiger partial charge >= 0.3 is 5.97 Å². The van der Waals surface area contributed by atoms with E-state index in [0.29, 0.717) is 19.3 Å². The van der Waals surface area contributed by atoms with Crippen molar-refractivity contribution in [3.8, 4) is 0 Å². The van der Waals surface area contributed by atoms with Crippen LogP contribution in [0.3, 0.4) is 0 Å². The first-order chi connectivity index (χ1) is 7.68.